The van der Waals surface area contributed by atoms with Crippen molar-refractivity contribution in [2.45, 2.75) is 165 Å². The SMILES string of the molecule is CCC1(Br)CCC(CC)(CC)c2cc3c(cc21)C(CCC1=CCc2cc4c(cc21)C(CC)(CC)CCC4(CC)CC)=CC3. The Morgan fingerprint density at radius 3 is 1.28 bits per heavy atom. The molecule has 0 saturated heterocycles. The second kappa shape index (κ2) is 11.6. The number of fused-ring (bicyclic) bond motifs is 4. The summed E-state index contributed by atoms with van der Waals surface area (Å²) in [5.74, 6) is 0. The highest BCUT2D eigenvalue weighted by Crippen LogP contribution is 2.56. The first kappa shape index (κ1) is 31.4. The van der Waals surface area contributed by atoms with Crippen LogP contribution in [0.4, 0.5) is 0 Å². The second-order valence-corrected chi connectivity index (χ2v) is 16.3. The molecule has 2 aromatic rings. The fourth-order valence-electron chi connectivity index (χ4n) is 10.1. The summed E-state index contributed by atoms with van der Waals surface area (Å²) in [6.07, 6.45) is 23.6. The van der Waals surface area contributed by atoms with Crippen molar-refractivity contribution >= 4 is 27.1 Å². The van der Waals surface area contributed by atoms with Crippen LogP contribution in [-0.2, 0) is 33.4 Å². The molecule has 6 rings (SSSR count). The van der Waals surface area contributed by atoms with E-state index in [-0.39, 0.29) is 4.32 Å². The Labute approximate surface area is 272 Å². The van der Waals surface area contributed by atoms with Gasteiger partial charge < -0.3 is 0 Å². The molecule has 0 nitrogen and oxygen atoms in total. The van der Waals surface area contributed by atoms with Gasteiger partial charge in [0, 0.05) is 0 Å². The van der Waals surface area contributed by atoms with E-state index >= 15 is 0 Å². The topological polar surface area (TPSA) is 0 Å². The van der Waals surface area contributed by atoms with Gasteiger partial charge in [-0.25, -0.2) is 0 Å². The lowest BCUT2D eigenvalue weighted by Crippen LogP contribution is -2.40. The molecule has 1 heteroatoms. The maximum atomic E-state index is 4.28. The highest BCUT2D eigenvalue weighted by atomic mass is 79.9. The summed E-state index contributed by atoms with van der Waals surface area (Å²) in [4.78, 5) is 0. The van der Waals surface area contributed by atoms with E-state index in [1.165, 1.54) is 64.2 Å². The average molecular weight is 642 g/mol. The Kier molecular flexibility index (Phi) is 8.50. The molecule has 0 spiro atoms. The average Bonchev–Trinajstić information content (AvgIpc) is 3.65. The van der Waals surface area contributed by atoms with E-state index in [1.54, 1.807) is 55.7 Å². The van der Waals surface area contributed by atoms with Crippen LogP contribution in [0.15, 0.2) is 36.4 Å². The maximum absolute atomic E-state index is 4.28. The maximum Gasteiger partial charge on any atom is 0.0506 e. The first-order valence-corrected chi connectivity index (χ1v) is 18.9. The Morgan fingerprint density at radius 2 is 0.860 bits per heavy atom. The van der Waals surface area contributed by atoms with Gasteiger partial charge in [0.25, 0.3) is 0 Å². The summed E-state index contributed by atoms with van der Waals surface area (Å²) in [6, 6.07) is 10.7. The molecule has 0 saturated carbocycles. The van der Waals surface area contributed by atoms with E-state index < -0.39 is 0 Å². The third-order valence-corrected chi connectivity index (χ3v) is 15.3. The number of halogens is 1. The number of alkyl halides is 1. The number of rotatable bonds is 10. The van der Waals surface area contributed by atoms with Crippen molar-refractivity contribution < 1.29 is 0 Å². The molecule has 2 aromatic carbocycles. The van der Waals surface area contributed by atoms with Crippen molar-refractivity contribution in [1.82, 2.24) is 0 Å². The molecule has 0 aromatic heterocycles. The van der Waals surface area contributed by atoms with Crippen LogP contribution >= 0.6 is 15.9 Å². The molecule has 4 aliphatic rings. The van der Waals surface area contributed by atoms with Gasteiger partial charge in [-0.05, 0) is 174 Å². The third-order valence-electron chi connectivity index (χ3n) is 13.9. The van der Waals surface area contributed by atoms with E-state index in [4.69, 9.17) is 0 Å². The molecule has 1 unspecified atom stereocenters. The highest BCUT2D eigenvalue weighted by Gasteiger charge is 2.45. The van der Waals surface area contributed by atoms with Crippen LogP contribution in [0.2, 0.25) is 0 Å². The van der Waals surface area contributed by atoms with Gasteiger partial charge in [-0.1, -0.05) is 94.7 Å². The summed E-state index contributed by atoms with van der Waals surface area (Å²) in [7, 11) is 0. The van der Waals surface area contributed by atoms with Crippen LogP contribution in [0.3, 0.4) is 0 Å². The second-order valence-electron chi connectivity index (χ2n) is 14.8. The lowest BCUT2D eigenvalue weighted by molar-refractivity contribution is 0.239. The monoisotopic (exact) mass is 640 g/mol. The normalized spacial score (nSPS) is 24.1. The predicted molar refractivity (Wildman–Crippen MR) is 192 cm³/mol. The van der Waals surface area contributed by atoms with E-state index in [0.717, 1.165) is 32.1 Å². The molecule has 0 N–H and O–H groups in total. The van der Waals surface area contributed by atoms with E-state index in [1.807, 2.05) is 0 Å². The molecule has 0 heterocycles. The number of benzene rings is 2. The van der Waals surface area contributed by atoms with E-state index in [0.29, 0.717) is 16.2 Å². The predicted octanol–water partition coefficient (Wildman–Crippen LogP) is 12.8. The van der Waals surface area contributed by atoms with E-state index in [9.17, 15) is 0 Å². The van der Waals surface area contributed by atoms with Crippen LogP contribution in [0.1, 0.15) is 176 Å². The van der Waals surface area contributed by atoms with Crippen molar-refractivity contribution in [2.24, 2.45) is 0 Å². The fraction of sp³-hybridized carbons (Fsp3) is 0.619. The van der Waals surface area contributed by atoms with Gasteiger partial charge >= 0.3 is 0 Å². The summed E-state index contributed by atoms with van der Waals surface area (Å²) < 4.78 is 0.127. The molecule has 0 bridgehead atoms. The molecule has 1 atom stereocenters. The molecule has 232 valence electrons. The number of allylic oxidation sites excluding steroid dienone is 4. The van der Waals surface area contributed by atoms with Crippen molar-refractivity contribution in [3.8, 4) is 0 Å². The Balaban J connectivity index is 1.31. The zero-order valence-corrected chi connectivity index (χ0v) is 30.0. The quantitative estimate of drug-likeness (QED) is 0.227. The van der Waals surface area contributed by atoms with Crippen molar-refractivity contribution in [2.75, 3.05) is 0 Å². The summed E-state index contributed by atoms with van der Waals surface area (Å²) in [5.41, 5.74) is 17.2. The molecule has 0 radical (unpaired) electrons. The van der Waals surface area contributed by atoms with Crippen molar-refractivity contribution in [3.05, 3.63) is 80.9 Å². The number of hydrogen-bond acceptors (Lipinski definition) is 0. The first-order chi connectivity index (χ1) is 20.7. The van der Waals surface area contributed by atoms with Crippen LogP contribution in [0, 0.1) is 0 Å². The number of hydrogen-bond donors (Lipinski definition) is 0. The van der Waals surface area contributed by atoms with Crippen molar-refractivity contribution in [1.29, 1.82) is 0 Å². The van der Waals surface area contributed by atoms with Gasteiger partial charge in [0.05, 0.1) is 4.32 Å². The standard InChI is InChI=1S/C42H57Br/c1-8-39(9-2)21-22-40(10-3,11-4)37-27-33-29(17-19-31(33)25-35(37)39)15-16-30-18-20-32-26-36-38(28-34(30)32)42(43,14-7)24-23-41(36,12-5)13-6/h17-18,25-28H,8-16,19-24H2,1-7H3. The molecule has 43 heavy (non-hydrogen) atoms. The molecule has 0 amide bonds. The fourth-order valence-corrected chi connectivity index (χ4v) is 10.6. The van der Waals surface area contributed by atoms with Gasteiger partial charge in [-0.15, -0.1) is 0 Å². The zero-order chi connectivity index (χ0) is 30.6. The van der Waals surface area contributed by atoms with E-state index in [2.05, 4.69) is 101 Å². The van der Waals surface area contributed by atoms with Gasteiger partial charge in [0.2, 0.25) is 0 Å². The minimum atomic E-state index is 0.127. The largest absolute Gasteiger partial charge is 0.0801 e. The van der Waals surface area contributed by atoms with Gasteiger partial charge in [-0.2, -0.15) is 0 Å². The van der Waals surface area contributed by atoms with Gasteiger partial charge in [0.1, 0.15) is 0 Å². The van der Waals surface area contributed by atoms with Crippen LogP contribution in [-0.4, -0.2) is 0 Å². The minimum Gasteiger partial charge on any atom is -0.0801 e. The summed E-state index contributed by atoms with van der Waals surface area (Å²) in [6.45, 7) is 16.9. The smallest absolute Gasteiger partial charge is 0.0506 e. The molecule has 0 fully saturated rings. The zero-order valence-electron chi connectivity index (χ0n) is 28.4. The van der Waals surface area contributed by atoms with Crippen molar-refractivity contribution in [3.63, 3.8) is 0 Å². The Morgan fingerprint density at radius 1 is 0.488 bits per heavy atom. The van der Waals surface area contributed by atoms with Crippen LogP contribution in [0.25, 0.3) is 11.1 Å². The molecular weight excluding hydrogens is 584 g/mol. The first-order valence-electron chi connectivity index (χ1n) is 18.1. The summed E-state index contributed by atoms with van der Waals surface area (Å²) >= 11 is 4.28. The summed E-state index contributed by atoms with van der Waals surface area (Å²) in [5, 5.41) is 0. The van der Waals surface area contributed by atoms with Gasteiger partial charge in [-0.3, -0.25) is 0 Å². The van der Waals surface area contributed by atoms with Crippen LogP contribution < -0.4 is 0 Å². The Hall–Kier alpha value is -1.60. The lowest BCUT2D eigenvalue weighted by Gasteiger charge is -2.48. The highest BCUT2D eigenvalue weighted by molar-refractivity contribution is 9.09. The molecule has 0 aliphatic heterocycles. The molecular formula is C42H57Br. The Bertz CT molecular complexity index is 1440. The van der Waals surface area contributed by atoms with Gasteiger partial charge in [0.15, 0.2) is 0 Å². The van der Waals surface area contributed by atoms with Crippen LogP contribution in [0.5, 0.6) is 0 Å². The lowest BCUT2D eigenvalue weighted by atomic mass is 9.56. The minimum absolute atomic E-state index is 0.127. The molecule has 4 aliphatic carbocycles. The third kappa shape index (κ3) is 4.72.